The smallest absolute Gasteiger partial charge is 0.117 e. The van der Waals surface area contributed by atoms with Crippen molar-refractivity contribution in [3.8, 4) is 11.8 Å². The van der Waals surface area contributed by atoms with Gasteiger partial charge in [-0.05, 0) is 35.6 Å². The number of rotatable bonds is 4. The third kappa shape index (κ3) is 3.86. The summed E-state index contributed by atoms with van der Waals surface area (Å²) < 4.78 is 0. The van der Waals surface area contributed by atoms with Gasteiger partial charge in [-0.2, -0.15) is 5.26 Å². The van der Waals surface area contributed by atoms with Crippen molar-refractivity contribution in [2.75, 3.05) is 0 Å². The number of hydrogen-bond acceptors (Lipinski definition) is 3. The van der Waals surface area contributed by atoms with Gasteiger partial charge in [-0.1, -0.05) is 37.1 Å². The Morgan fingerprint density at radius 1 is 1.47 bits per heavy atom. The number of allylic oxidation sites excluding steroid dienone is 3. The lowest BCUT2D eigenvalue weighted by atomic mass is 10.1. The number of nitrogens with zero attached hydrogens (tertiary/aromatic N) is 1. The first-order chi connectivity index (χ1) is 8.06. The van der Waals surface area contributed by atoms with Crippen LogP contribution >= 0.6 is 11.8 Å². The second-order valence-corrected chi connectivity index (χ2v) is 4.76. The highest BCUT2D eigenvalue weighted by Crippen LogP contribution is 2.33. The number of benzene rings is 1. The molecule has 0 aliphatic rings. The lowest BCUT2D eigenvalue weighted by molar-refractivity contribution is 0.475. The zero-order chi connectivity index (χ0) is 12.8. The minimum atomic E-state index is 0.0751. The molecule has 0 aliphatic heterocycles. The molecule has 0 aromatic heterocycles. The molecule has 0 unspecified atom stereocenters. The van der Waals surface area contributed by atoms with Crippen LogP contribution in [0.25, 0.3) is 4.91 Å². The molecule has 0 atom stereocenters. The Bertz CT molecular complexity index is 524. The van der Waals surface area contributed by atoms with Gasteiger partial charge in [0.1, 0.15) is 5.75 Å². The van der Waals surface area contributed by atoms with Crippen molar-refractivity contribution >= 4 is 16.7 Å². The van der Waals surface area contributed by atoms with E-state index in [0.29, 0.717) is 5.56 Å². The monoisotopic (exact) mass is 243 g/mol. The fourth-order valence-electron chi connectivity index (χ4n) is 1.29. The molecule has 2 nitrogen and oxygen atoms in total. The molecule has 1 aromatic rings. The topological polar surface area (TPSA) is 44.0 Å². The van der Waals surface area contributed by atoms with Crippen molar-refractivity contribution in [3.05, 3.63) is 59.5 Å². The summed E-state index contributed by atoms with van der Waals surface area (Å²) in [5, 5.41) is 18.3. The Balaban J connectivity index is 2.97. The van der Waals surface area contributed by atoms with Gasteiger partial charge < -0.3 is 5.11 Å². The Morgan fingerprint density at radius 3 is 2.76 bits per heavy atom. The maximum absolute atomic E-state index is 9.48. The molecular weight excluding hydrogens is 230 g/mol. The summed E-state index contributed by atoms with van der Waals surface area (Å²) in [4.78, 5) is 1.83. The fourth-order valence-corrected chi connectivity index (χ4v) is 2.08. The third-order valence-electron chi connectivity index (χ3n) is 2.01. The van der Waals surface area contributed by atoms with Crippen LogP contribution < -0.4 is 0 Å². The van der Waals surface area contributed by atoms with Crippen molar-refractivity contribution in [1.82, 2.24) is 0 Å². The summed E-state index contributed by atoms with van der Waals surface area (Å²) in [6.07, 6.45) is 3.59. The molecule has 0 fully saturated rings. The van der Waals surface area contributed by atoms with Crippen molar-refractivity contribution in [2.45, 2.75) is 6.92 Å². The van der Waals surface area contributed by atoms with Crippen LogP contribution in [0, 0.1) is 11.3 Å². The van der Waals surface area contributed by atoms with Crippen LogP contribution in [0.15, 0.2) is 48.4 Å². The molecule has 1 aromatic carbocycles. The molecule has 86 valence electrons. The van der Waals surface area contributed by atoms with Gasteiger partial charge in [-0.25, -0.2) is 0 Å². The molecule has 0 amide bonds. The predicted octanol–water partition coefficient (Wildman–Crippen LogP) is 4.06. The van der Waals surface area contributed by atoms with Gasteiger partial charge in [0, 0.05) is 4.91 Å². The summed E-state index contributed by atoms with van der Waals surface area (Å²) in [6, 6.07) is 6.72. The van der Waals surface area contributed by atoms with Crippen LogP contribution in [-0.2, 0) is 0 Å². The summed E-state index contributed by atoms with van der Waals surface area (Å²) in [5.74, 6) is 0.0751. The minimum absolute atomic E-state index is 0.0751. The fraction of sp³-hybridized carbons (Fsp3) is 0.0714. The average Bonchev–Trinajstić information content (AvgIpc) is 2.28. The Morgan fingerprint density at radius 2 is 2.18 bits per heavy atom. The van der Waals surface area contributed by atoms with E-state index in [4.69, 9.17) is 5.26 Å². The first-order valence-corrected chi connectivity index (χ1v) is 5.79. The summed E-state index contributed by atoms with van der Waals surface area (Å²) in [6.45, 7) is 9.50. The number of phenolic OH excluding ortho intramolecular Hbond substituents is 1. The number of aromatic hydroxyl groups is 1. The second kappa shape index (κ2) is 5.97. The first-order valence-electron chi connectivity index (χ1n) is 4.97. The van der Waals surface area contributed by atoms with Crippen molar-refractivity contribution in [3.63, 3.8) is 0 Å². The van der Waals surface area contributed by atoms with Crippen molar-refractivity contribution < 1.29 is 5.11 Å². The summed E-state index contributed by atoms with van der Waals surface area (Å²) in [5.41, 5.74) is 1.18. The molecule has 0 heterocycles. The molecule has 0 saturated carbocycles. The molecule has 0 bridgehead atoms. The lowest BCUT2D eigenvalue weighted by Gasteiger charge is -2.06. The van der Waals surface area contributed by atoms with Crippen LogP contribution in [0.5, 0.6) is 5.75 Å². The Labute approximate surface area is 106 Å². The van der Waals surface area contributed by atoms with E-state index in [1.807, 2.05) is 19.1 Å². The second-order valence-electron chi connectivity index (χ2n) is 3.42. The summed E-state index contributed by atoms with van der Waals surface area (Å²) in [7, 11) is 0. The van der Waals surface area contributed by atoms with Gasteiger partial charge in [-0.3, -0.25) is 0 Å². The molecule has 1 N–H and O–H groups in total. The van der Waals surface area contributed by atoms with E-state index in [9.17, 15) is 5.11 Å². The van der Waals surface area contributed by atoms with E-state index in [1.165, 1.54) is 17.8 Å². The number of thioether (sulfide) groups is 1. The van der Waals surface area contributed by atoms with E-state index in [0.717, 1.165) is 15.4 Å². The van der Waals surface area contributed by atoms with Crippen molar-refractivity contribution in [2.24, 2.45) is 0 Å². The predicted molar refractivity (Wildman–Crippen MR) is 73.4 cm³/mol. The number of nitriles is 1. The van der Waals surface area contributed by atoms with E-state index in [-0.39, 0.29) is 5.75 Å². The van der Waals surface area contributed by atoms with Gasteiger partial charge in [-0.15, -0.1) is 0 Å². The lowest BCUT2D eigenvalue weighted by Crippen LogP contribution is -1.82. The standard InChI is InChI=1S/C14H13NOS/c1-4-5-10(2)17-11(3)13-6-12(9-15)7-14(16)8-13/h4-8,16H,1,3H2,2H3/b10-5-. The Kier molecular flexibility index (Phi) is 4.62. The van der Waals surface area contributed by atoms with Crippen LogP contribution in [0.1, 0.15) is 18.1 Å². The maximum atomic E-state index is 9.48. The highest BCUT2D eigenvalue weighted by molar-refractivity contribution is 8.11. The number of hydrogen-bond donors (Lipinski definition) is 1. The van der Waals surface area contributed by atoms with E-state index in [2.05, 4.69) is 13.2 Å². The van der Waals surface area contributed by atoms with Crippen LogP contribution in [0.2, 0.25) is 0 Å². The first kappa shape index (κ1) is 13.1. The number of phenols is 1. The normalized spacial score (nSPS) is 10.7. The van der Waals surface area contributed by atoms with Gasteiger partial charge in [0.25, 0.3) is 0 Å². The zero-order valence-corrected chi connectivity index (χ0v) is 10.4. The minimum Gasteiger partial charge on any atom is -0.508 e. The largest absolute Gasteiger partial charge is 0.508 e. The highest BCUT2D eigenvalue weighted by Gasteiger charge is 2.04. The molecule has 3 heteroatoms. The molecular formula is C14H13NOS. The quantitative estimate of drug-likeness (QED) is 0.811. The van der Waals surface area contributed by atoms with E-state index in [1.54, 1.807) is 18.2 Å². The van der Waals surface area contributed by atoms with Gasteiger partial charge in [0.15, 0.2) is 0 Å². The van der Waals surface area contributed by atoms with Gasteiger partial charge in [0.05, 0.1) is 11.6 Å². The molecule has 0 spiro atoms. The summed E-state index contributed by atoms with van der Waals surface area (Å²) >= 11 is 1.48. The molecule has 1 rings (SSSR count). The van der Waals surface area contributed by atoms with E-state index < -0.39 is 0 Å². The molecule has 0 radical (unpaired) electrons. The Hall–Kier alpha value is -1.92. The maximum Gasteiger partial charge on any atom is 0.117 e. The van der Waals surface area contributed by atoms with Gasteiger partial charge >= 0.3 is 0 Å². The van der Waals surface area contributed by atoms with Crippen LogP contribution in [0.4, 0.5) is 0 Å². The van der Waals surface area contributed by atoms with E-state index >= 15 is 0 Å². The van der Waals surface area contributed by atoms with Crippen LogP contribution in [0.3, 0.4) is 0 Å². The van der Waals surface area contributed by atoms with Crippen LogP contribution in [-0.4, -0.2) is 5.11 Å². The van der Waals surface area contributed by atoms with Crippen molar-refractivity contribution in [1.29, 1.82) is 5.26 Å². The highest BCUT2D eigenvalue weighted by atomic mass is 32.2. The molecule has 0 aliphatic carbocycles. The molecule has 0 saturated heterocycles. The SMILES string of the molecule is C=C/C=C(/C)SC(=C)c1cc(O)cc(C#N)c1. The van der Waals surface area contributed by atoms with Gasteiger partial charge in [0.2, 0.25) is 0 Å². The average molecular weight is 243 g/mol. The molecule has 17 heavy (non-hydrogen) atoms. The zero-order valence-electron chi connectivity index (χ0n) is 9.60. The third-order valence-corrected chi connectivity index (χ3v) is 2.95.